The average molecular weight is 308 g/mol. The monoisotopic (exact) mass is 308 g/mol. The van der Waals surface area contributed by atoms with Crippen LogP contribution >= 0.6 is 0 Å². The fourth-order valence-corrected chi connectivity index (χ4v) is 1.87. The number of nitrogens with one attached hydrogen (secondary N) is 1. The summed E-state index contributed by atoms with van der Waals surface area (Å²) in [7, 11) is 4.61. The number of nitrogens with zero attached hydrogens (tertiary/aromatic N) is 1. The van der Waals surface area contributed by atoms with Crippen LogP contribution in [0.15, 0.2) is 17.3 Å². The number of ether oxygens (including phenoxy) is 3. The molecular formula is C15H20N2O5. The summed E-state index contributed by atoms with van der Waals surface area (Å²) >= 11 is 0. The number of oxime groups is 1. The Bertz CT molecular complexity index is 530. The molecule has 0 atom stereocenters. The van der Waals surface area contributed by atoms with Gasteiger partial charge in [0, 0.05) is 11.6 Å². The van der Waals surface area contributed by atoms with Crippen LogP contribution in [-0.2, 0) is 9.63 Å². The summed E-state index contributed by atoms with van der Waals surface area (Å²) in [5.74, 6) is 1.39. The first-order valence-electron chi connectivity index (χ1n) is 6.92. The molecule has 0 saturated heterocycles. The minimum absolute atomic E-state index is 0.0998. The molecular weight excluding hydrogens is 288 g/mol. The Morgan fingerprint density at radius 3 is 2.36 bits per heavy atom. The Hall–Kier alpha value is -2.44. The zero-order valence-corrected chi connectivity index (χ0v) is 12.9. The van der Waals surface area contributed by atoms with Crippen molar-refractivity contribution in [3.05, 3.63) is 17.7 Å². The molecule has 0 unspecified atom stereocenters. The van der Waals surface area contributed by atoms with E-state index in [9.17, 15) is 4.79 Å². The number of amides is 1. The molecule has 22 heavy (non-hydrogen) atoms. The van der Waals surface area contributed by atoms with Crippen LogP contribution < -0.4 is 19.5 Å². The van der Waals surface area contributed by atoms with Crippen molar-refractivity contribution in [3.8, 4) is 17.2 Å². The molecule has 1 aromatic carbocycles. The molecule has 1 fully saturated rings. The van der Waals surface area contributed by atoms with Crippen LogP contribution in [0.1, 0.15) is 18.4 Å². The van der Waals surface area contributed by atoms with Gasteiger partial charge in [-0.3, -0.25) is 4.79 Å². The molecule has 1 aliphatic rings. The van der Waals surface area contributed by atoms with Gasteiger partial charge in [-0.2, -0.15) is 0 Å². The number of benzene rings is 1. The summed E-state index contributed by atoms with van der Waals surface area (Å²) in [6.07, 6.45) is 3.57. The van der Waals surface area contributed by atoms with Gasteiger partial charge in [-0.1, -0.05) is 5.16 Å². The first-order chi connectivity index (χ1) is 10.7. The number of carbonyl (C=O) groups is 1. The summed E-state index contributed by atoms with van der Waals surface area (Å²) < 4.78 is 15.7. The molecule has 0 aliphatic heterocycles. The first-order valence-corrected chi connectivity index (χ1v) is 6.92. The quantitative estimate of drug-likeness (QED) is 0.579. The average Bonchev–Trinajstić information content (AvgIpc) is 3.34. The Morgan fingerprint density at radius 1 is 1.23 bits per heavy atom. The molecule has 0 heterocycles. The minimum Gasteiger partial charge on any atom is -0.493 e. The van der Waals surface area contributed by atoms with Gasteiger partial charge >= 0.3 is 0 Å². The standard InChI is InChI=1S/C15H20N2O5/c1-19-12-6-10(7-13(20-2)15(12)21-3)8-16-22-9-14(18)17-11-4-5-11/h6-8,11H,4-5,9H2,1-3H3,(H,17,18)/b16-8-. The lowest BCUT2D eigenvalue weighted by Crippen LogP contribution is -2.28. The Labute approximate surface area is 129 Å². The van der Waals surface area contributed by atoms with Crippen molar-refractivity contribution in [2.45, 2.75) is 18.9 Å². The van der Waals surface area contributed by atoms with E-state index in [0.29, 0.717) is 28.9 Å². The van der Waals surface area contributed by atoms with E-state index in [1.165, 1.54) is 27.5 Å². The van der Waals surface area contributed by atoms with Crippen molar-refractivity contribution in [1.82, 2.24) is 5.32 Å². The fraction of sp³-hybridized carbons (Fsp3) is 0.467. The maximum absolute atomic E-state index is 11.4. The second kappa shape index (κ2) is 7.53. The van der Waals surface area contributed by atoms with Crippen molar-refractivity contribution in [1.29, 1.82) is 0 Å². The highest BCUT2D eigenvalue weighted by atomic mass is 16.6. The number of rotatable bonds is 8. The number of hydrogen-bond acceptors (Lipinski definition) is 6. The van der Waals surface area contributed by atoms with Crippen LogP contribution in [0.4, 0.5) is 0 Å². The van der Waals surface area contributed by atoms with Gasteiger partial charge in [0.25, 0.3) is 5.91 Å². The summed E-state index contributed by atoms with van der Waals surface area (Å²) in [5, 5.41) is 6.59. The first kappa shape index (κ1) is 15.9. The number of hydrogen-bond donors (Lipinski definition) is 1. The molecule has 120 valence electrons. The molecule has 1 N–H and O–H groups in total. The maximum atomic E-state index is 11.4. The van der Waals surface area contributed by atoms with Gasteiger partial charge in [0.15, 0.2) is 18.1 Å². The van der Waals surface area contributed by atoms with Gasteiger partial charge in [0.2, 0.25) is 5.75 Å². The summed E-state index contributed by atoms with van der Waals surface area (Å²) in [6, 6.07) is 3.78. The topological polar surface area (TPSA) is 78.4 Å². The molecule has 0 aromatic heterocycles. The maximum Gasteiger partial charge on any atom is 0.260 e. The Kier molecular flexibility index (Phi) is 5.46. The van der Waals surface area contributed by atoms with Crippen LogP contribution in [0.2, 0.25) is 0 Å². The van der Waals surface area contributed by atoms with E-state index in [4.69, 9.17) is 19.0 Å². The number of methoxy groups -OCH3 is 3. The molecule has 1 saturated carbocycles. The lowest BCUT2D eigenvalue weighted by molar-refractivity contribution is -0.125. The summed E-state index contributed by atoms with van der Waals surface area (Å²) in [5.41, 5.74) is 0.706. The fourth-order valence-electron chi connectivity index (χ4n) is 1.87. The smallest absolute Gasteiger partial charge is 0.260 e. The van der Waals surface area contributed by atoms with Gasteiger partial charge in [-0.25, -0.2) is 0 Å². The highest BCUT2D eigenvalue weighted by Crippen LogP contribution is 2.37. The molecule has 0 radical (unpaired) electrons. The highest BCUT2D eigenvalue weighted by molar-refractivity contribution is 5.82. The molecule has 7 heteroatoms. The van der Waals surface area contributed by atoms with E-state index in [0.717, 1.165) is 12.8 Å². The van der Waals surface area contributed by atoms with Crippen LogP contribution in [0.5, 0.6) is 17.2 Å². The van der Waals surface area contributed by atoms with Gasteiger partial charge in [0.05, 0.1) is 27.5 Å². The van der Waals surface area contributed by atoms with Crippen LogP contribution in [0.25, 0.3) is 0 Å². The van der Waals surface area contributed by atoms with Gasteiger partial charge < -0.3 is 24.4 Å². The third kappa shape index (κ3) is 4.28. The van der Waals surface area contributed by atoms with E-state index in [1.54, 1.807) is 12.1 Å². The van der Waals surface area contributed by atoms with Crippen molar-refractivity contribution < 1.29 is 23.8 Å². The molecule has 0 bridgehead atoms. The zero-order valence-electron chi connectivity index (χ0n) is 12.9. The molecule has 0 spiro atoms. The Morgan fingerprint density at radius 2 is 1.86 bits per heavy atom. The van der Waals surface area contributed by atoms with Crippen LogP contribution in [0.3, 0.4) is 0 Å². The highest BCUT2D eigenvalue weighted by Gasteiger charge is 2.23. The minimum atomic E-state index is -0.162. The third-order valence-electron chi connectivity index (χ3n) is 3.10. The van der Waals surface area contributed by atoms with Crippen LogP contribution in [-0.4, -0.2) is 46.1 Å². The second-order valence-electron chi connectivity index (χ2n) is 4.81. The lowest BCUT2D eigenvalue weighted by atomic mass is 10.2. The van der Waals surface area contributed by atoms with Gasteiger partial charge in [-0.05, 0) is 25.0 Å². The number of carbonyl (C=O) groups excluding carboxylic acids is 1. The normalized spacial score (nSPS) is 13.8. The van der Waals surface area contributed by atoms with E-state index in [1.807, 2.05) is 0 Å². The molecule has 1 amide bonds. The second-order valence-corrected chi connectivity index (χ2v) is 4.81. The molecule has 1 aromatic rings. The van der Waals surface area contributed by atoms with Crippen molar-refractivity contribution >= 4 is 12.1 Å². The van der Waals surface area contributed by atoms with E-state index >= 15 is 0 Å². The Balaban J connectivity index is 1.95. The van der Waals surface area contributed by atoms with Crippen molar-refractivity contribution in [3.63, 3.8) is 0 Å². The zero-order chi connectivity index (χ0) is 15.9. The summed E-state index contributed by atoms with van der Waals surface area (Å²) in [6.45, 7) is -0.0998. The van der Waals surface area contributed by atoms with Crippen molar-refractivity contribution in [2.75, 3.05) is 27.9 Å². The van der Waals surface area contributed by atoms with Gasteiger partial charge in [0.1, 0.15) is 0 Å². The SMILES string of the molecule is COc1cc(/C=N\OCC(=O)NC2CC2)cc(OC)c1OC. The van der Waals surface area contributed by atoms with Crippen molar-refractivity contribution in [2.24, 2.45) is 5.16 Å². The predicted octanol–water partition coefficient (Wildman–Crippen LogP) is 1.34. The van der Waals surface area contributed by atoms with E-state index < -0.39 is 0 Å². The largest absolute Gasteiger partial charge is 0.493 e. The predicted molar refractivity (Wildman–Crippen MR) is 80.8 cm³/mol. The van der Waals surface area contributed by atoms with Crippen LogP contribution in [0, 0.1) is 0 Å². The van der Waals surface area contributed by atoms with E-state index in [-0.39, 0.29) is 12.5 Å². The molecule has 2 rings (SSSR count). The third-order valence-corrected chi connectivity index (χ3v) is 3.10. The molecule has 1 aliphatic carbocycles. The molecule has 7 nitrogen and oxygen atoms in total. The van der Waals surface area contributed by atoms with Gasteiger partial charge in [-0.15, -0.1) is 0 Å². The lowest BCUT2D eigenvalue weighted by Gasteiger charge is -2.12. The van der Waals surface area contributed by atoms with E-state index in [2.05, 4.69) is 10.5 Å². The summed E-state index contributed by atoms with van der Waals surface area (Å²) in [4.78, 5) is 16.4.